The summed E-state index contributed by atoms with van der Waals surface area (Å²) >= 11 is 0. The molecular weight excluding hydrogens is 455 g/mol. The van der Waals surface area contributed by atoms with Crippen molar-refractivity contribution in [1.82, 2.24) is 10.2 Å². The van der Waals surface area contributed by atoms with Crippen LogP contribution in [-0.2, 0) is 22.6 Å². The molecule has 1 aliphatic rings. The van der Waals surface area contributed by atoms with Crippen molar-refractivity contribution in [2.75, 3.05) is 6.54 Å². The van der Waals surface area contributed by atoms with Gasteiger partial charge < -0.3 is 15.0 Å². The molecule has 0 aliphatic carbocycles. The van der Waals surface area contributed by atoms with E-state index in [1.165, 1.54) is 17.7 Å². The molecule has 2 amide bonds. The molecule has 0 radical (unpaired) electrons. The highest BCUT2D eigenvalue weighted by atomic mass is 19.1. The van der Waals surface area contributed by atoms with Crippen molar-refractivity contribution in [2.24, 2.45) is 5.92 Å². The number of hydrogen-bond donors (Lipinski definition) is 1. The lowest BCUT2D eigenvalue weighted by atomic mass is 9.87. The third kappa shape index (κ3) is 5.76. The molecule has 0 fully saturated rings. The standard InChI is InChI=1S/C30H33FN2O3/c1-4-27(29(34)32-19-21-10-13-24(31)14-11-21)36-25-15-12-22-16-17-33(30(35)20(2)3)28(26(22)18-25)23-8-6-5-7-9-23/h5-15,18,20,27-28H,4,16-17,19H2,1-3H3,(H,32,34)/t27-,28+/m0/s1. The molecule has 3 aromatic rings. The summed E-state index contributed by atoms with van der Waals surface area (Å²) in [5, 5.41) is 2.88. The van der Waals surface area contributed by atoms with Crippen molar-refractivity contribution in [1.29, 1.82) is 0 Å². The van der Waals surface area contributed by atoms with Crippen LogP contribution in [0.5, 0.6) is 5.75 Å². The highest BCUT2D eigenvalue weighted by Gasteiger charge is 2.33. The summed E-state index contributed by atoms with van der Waals surface area (Å²) in [6, 6.07) is 21.8. The number of nitrogens with one attached hydrogen (secondary N) is 1. The van der Waals surface area contributed by atoms with Gasteiger partial charge in [0.05, 0.1) is 6.04 Å². The summed E-state index contributed by atoms with van der Waals surface area (Å²) in [6.07, 6.45) is 0.592. The van der Waals surface area contributed by atoms with Gasteiger partial charge in [0.2, 0.25) is 5.91 Å². The van der Waals surface area contributed by atoms with Gasteiger partial charge in [0.25, 0.3) is 5.91 Å². The van der Waals surface area contributed by atoms with Gasteiger partial charge in [0.15, 0.2) is 6.10 Å². The summed E-state index contributed by atoms with van der Waals surface area (Å²) in [5.41, 5.74) is 4.07. The molecule has 0 saturated carbocycles. The number of benzene rings is 3. The number of rotatable bonds is 8. The van der Waals surface area contributed by atoms with E-state index in [1.807, 2.05) is 74.2 Å². The predicted octanol–water partition coefficient (Wildman–Crippen LogP) is 5.43. The van der Waals surface area contributed by atoms with E-state index >= 15 is 0 Å². The van der Waals surface area contributed by atoms with Gasteiger partial charge in [0.1, 0.15) is 11.6 Å². The van der Waals surface area contributed by atoms with Crippen molar-refractivity contribution in [3.8, 4) is 5.75 Å². The molecule has 36 heavy (non-hydrogen) atoms. The van der Waals surface area contributed by atoms with E-state index in [0.29, 0.717) is 25.3 Å². The molecule has 6 heteroatoms. The smallest absolute Gasteiger partial charge is 0.261 e. The molecule has 0 aromatic heterocycles. The van der Waals surface area contributed by atoms with Crippen molar-refractivity contribution in [3.63, 3.8) is 0 Å². The fraction of sp³-hybridized carbons (Fsp3) is 0.333. The summed E-state index contributed by atoms with van der Waals surface area (Å²) < 4.78 is 19.3. The Morgan fingerprint density at radius 2 is 1.78 bits per heavy atom. The van der Waals surface area contributed by atoms with Gasteiger partial charge in [-0.15, -0.1) is 0 Å². The normalized spacial score (nSPS) is 15.8. The first-order chi connectivity index (χ1) is 17.4. The fourth-order valence-corrected chi connectivity index (χ4v) is 4.62. The summed E-state index contributed by atoms with van der Waals surface area (Å²) in [5.74, 6) is 0.0710. The van der Waals surface area contributed by atoms with Crippen molar-refractivity contribution in [3.05, 3.63) is 101 Å². The number of carbonyl (C=O) groups excluding carboxylic acids is 2. The van der Waals surface area contributed by atoms with E-state index in [9.17, 15) is 14.0 Å². The average Bonchev–Trinajstić information content (AvgIpc) is 2.90. The molecule has 188 valence electrons. The lowest BCUT2D eigenvalue weighted by Gasteiger charge is -2.39. The first kappa shape index (κ1) is 25.4. The second-order valence-electron chi connectivity index (χ2n) is 9.47. The Balaban J connectivity index is 1.56. The number of carbonyl (C=O) groups is 2. The van der Waals surface area contributed by atoms with Crippen LogP contribution in [0, 0.1) is 11.7 Å². The van der Waals surface area contributed by atoms with Crippen LogP contribution in [0.3, 0.4) is 0 Å². The van der Waals surface area contributed by atoms with Gasteiger partial charge in [-0.2, -0.15) is 0 Å². The number of fused-ring (bicyclic) bond motifs is 1. The first-order valence-corrected chi connectivity index (χ1v) is 12.5. The molecule has 1 aliphatic heterocycles. The van der Waals surface area contributed by atoms with Crippen LogP contribution < -0.4 is 10.1 Å². The van der Waals surface area contributed by atoms with E-state index in [1.54, 1.807) is 12.1 Å². The molecule has 5 nitrogen and oxygen atoms in total. The Morgan fingerprint density at radius 3 is 2.44 bits per heavy atom. The van der Waals surface area contributed by atoms with Gasteiger partial charge in [-0.1, -0.05) is 69.3 Å². The summed E-state index contributed by atoms with van der Waals surface area (Å²) in [6.45, 7) is 6.71. The van der Waals surface area contributed by atoms with Gasteiger partial charge in [-0.3, -0.25) is 9.59 Å². The molecule has 0 saturated heterocycles. The monoisotopic (exact) mass is 488 g/mol. The molecule has 4 rings (SSSR count). The average molecular weight is 489 g/mol. The number of halogens is 1. The zero-order chi connectivity index (χ0) is 25.7. The van der Waals surface area contributed by atoms with Crippen LogP contribution in [0.2, 0.25) is 0 Å². The Labute approximate surface area is 212 Å². The van der Waals surface area contributed by atoms with Crippen LogP contribution in [-0.4, -0.2) is 29.4 Å². The molecule has 2 atom stereocenters. The Hall–Kier alpha value is -3.67. The quantitative estimate of drug-likeness (QED) is 0.460. The SMILES string of the molecule is CC[C@H](Oc1ccc2c(c1)[C@@H](c1ccccc1)N(C(=O)C(C)C)CC2)C(=O)NCc1ccc(F)cc1. The number of nitrogens with zero attached hydrogens (tertiary/aromatic N) is 1. The van der Waals surface area contributed by atoms with Crippen LogP contribution in [0.25, 0.3) is 0 Å². The maximum absolute atomic E-state index is 13.1. The zero-order valence-electron chi connectivity index (χ0n) is 21.0. The minimum atomic E-state index is -0.671. The maximum Gasteiger partial charge on any atom is 0.261 e. The minimum Gasteiger partial charge on any atom is -0.481 e. The second kappa shape index (κ2) is 11.4. The van der Waals surface area contributed by atoms with Crippen LogP contribution in [0.15, 0.2) is 72.8 Å². The molecular formula is C30H33FN2O3. The van der Waals surface area contributed by atoms with Crippen LogP contribution >= 0.6 is 0 Å². The zero-order valence-corrected chi connectivity index (χ0v) is 21.0. The van der Waals surface area contributed by atoms with E-state index in [4.69, 9.17) is 4.74 Å². The molecule has 3 aromatic carbocycles. The van der Waals surface area contributed by atoms with Gasteiger partial charge >= 0.3 is 0 Å². The molecule has 1 N–H and O–H groups in total. The fourth-order valence-electron chi connectivity index (χ4n) is 4.62. The van der Waals surface area contributed by atoms with E-state index in [2.05, 4.69) is 5.32 Å². The second-order valence-corrected chi connectivity index (χ2v) is 9.47. The van der Waals surface area contributed by atoms with E-state index in [0.717, 1.165) is 23.1 Å². The number of amides is 2. The predicted molar refractivity (Wildman–Crippen MR) is 138 cm³/mol. The Kier molecular flexibility index (Phi) is 8.04. The molecule has 0 unspecified atom stereocenters. The van der Waals surface area contributed by atoms with E-state index < -0.39 is 6.10 Å². The first-order valence-electron chi connectivity index (χ1n) is 12.5. The molecule has 0 bridgehead atoms. The third-order valence-corrected chi connectivity index (χ3v) is 6.56. The van der Waals surface area contributed by atoms with Crippen LogP contribution in [0.1, 0.15) is 55.5 Å². The van der Waals surface area contributed by atoms with Crippen molar-refractivity contribution in [2.45, 2.75) is 52.3 Å². The van der Waals surface area contributed by atoms with Gasteiger partial charge in [-0.05, 0) is 59.4 Å². The summed E-state index contributed by atoms with van der Waals surface area (Å²) in [7, 11) is 0. The van der Waals surface area contributed by atoms with Crippen molar-refractivity contribution >= 4 is 11.8 Å². The summed E-state index contributed by atoms with van der Waals surface area (Å²) in [4.78, 5) is 27.9. The molecule has 1 heterocycles. The number of ether oxygens (including phenoxy) is 1. The Bertz CT molecular complexity index is 1190. The minimum absolute atomic E-state index is 0.105. The van der Waals surface area contributed by atoms with E-state index in [-0.39, 0.29) is 29.6 Å². The lowest BCUT2D eigenvalue weighted by Crippen LogP contribution is -2.42. The van der Waals surface area contributed by atoms with Crippen LogP contribution in [0.4, 0.5) is 4.39 Å². The lowest BCUT2D eigenvalue weighted by molar-refractivity contribution is -0.136. The highest BCUT2D eigenvalue weighted by molar-refractivity contribution is 5.81. The third-order valence-electron chi connectivity index (χ3n) is 6.56. The topological polar surface area (TPSA) is 58.6 Å². The van der Waals surface area contributed by atoms with Crippen molar-refractivity contribution < 1.29 is 18.7 Å². The maximum atomic E-state index is 13.1. The highest BCUT2D eigenvalue weighted by Crippen LogP contribution is 2.38. The van der Waals surface area contributed by atoms with Gasteiger partial charge in [0, 0.05) is 19.0 Å². The Morgan fingerprint density at radius 1 is 1.06 bits per heavy atom. The number of hydrogen-bond acceptors (Lipinski definition) is 3. The molecule has 0 spiro atoms. The van der Waals surface area contributed by atoms with Gasteiger partial charge in [-0.25, -0.2) is 4.39 Å². The largest absolute Gasteiger partial charge is 0.481 e.